The summed E-state index contributed by atoms with van der Waals surface area (Å²) in [4.78, 5) is 37.0. The number of allylic oxidation sites excluding steroid dienone is 1. The average Bonchev–Trinajstić information content (AvgIpc) is 3.08. The third-order valence-electron chi connectivity index (χ3n) is 5.24. The Morgan fingerprint density at radius 2 is 2.19 bits per heavy atom. The van der Waals surface area contributed by atoms with Gasteiger partial charge in [-0.15, -0.1) is 0 Å². The van der Waals surface area contributed by atoms with E-state index >= 15 is 0 Å². The minimum absolute atomic E-state index is 0.0257. The summed E-state index contributed by atoms with van der Waals surface area (Å²) in [5.74, 6) is -1.90. The number of aliphatic hydroxyl groups is 1. The summed E-state index contributed by atoms with van der Waals surface area (Å²) in [6, 6.07) is 0. The van der Waals surface area contributed by atoms with Crippen LogP contribution in [0.2, 0.25) is 0 Å². The standard InChI is InChI=1S/C20H22O7/c1-5-10(2)18(23)26-15-8-20(4)16(22)7-13(27-20)12(9-21)6-14-17(15)11(3)19(24)25-14/h5-7,14-15,17,21H,3,8-9H2,1-2,4H3/b10-5+,12-6+/t14-,15-,17-,20+/m0/s1. The van der Waals surface area contributed by atoms with E-state index in [1.165, 1.54) is 12.2 Å². The maximum atomic E-state index is 12.5. The molecule has 0 amide bonds. The molecule has 0 aromatic carbocycles. The van der Waals surface area contributed by atoms with Crippen LogP contribution in [0.3, 0.4) is 0 Å². The molecule has 0 spiro atoms. The van der Waals surface area contributed by atoms with Crippen molar-refractivity contribution in [3.8, 4) is 0 Å². The number of ketones is 1. The zero-order chi connectivity index (χ0) is 19.9. The SMILES string of the molecule is C=C1C(=O)O[C@H]2/C=C(\CO)C3=CC(=O)[C@@](C)(C[C@H](OC(=O)/C(C)=C/C)[C@@H]12)O3. The first-order valence-corrected chi connectivity index (χ1v) is 8.71. The minimum Gasteiger partial charge on any atom is -0.479 e. The van der Waals surface area contributed by atoms with E-state index < -0.39 is 42.3 Å². The predicted octanol–water partition coefficient (Wildman–Crippen LogP) is 1.53. The van der Waals surface area contributed by atoms with Crippen LogP contribution in [0, 0.1) is 5.92 Å². The number of aliphatic hydroxyl groups excluding tert-OH is 1. The second kappa shape index (κ2) is 6.81. The van der Waals surface area contributed by atoms with Gasteiger partial charge in [-0.05, 0) is 26.8 Å². The summed E-state index contributed by atoms with van der Waals surface area (Å²) in [5.41, 5.74) is -0.385. The molecule has 0 saturated carbocycles. The fourth-order valence-corrected chi connectivity index (χ4v) is 3.46. The van der Waals surface area contributed by atoms with Crippen molar-refractivity contribution in [2.24, 2.45) is 5.92 Å². The average molecular weight is 374 g/mol. The molecule has 2 bridgehead atoms. The highest BCUT2D eigenvalue weighted by Crippen LogP contribution is 2.42. The van der Waals surface area contributed by atoms with Crippen LogP contribution in [0.25, 0.3) is 0 Å². The van der Waals surface area contributed by atoms with Gasteiger partial charge in [0.2, 0.25) is 5.78 Å². The summed E-state index contributed by atoms with van der Waals surface area (Å²) in [6.07, 6.45) is 2.83. The van der Waals surface area contributed by atoms with Gasteiger partial charge in [0.05, 0.1) is 12.5 Å². The first-order chi connectivity index (χ1) is 12.7. The van der Waals surface area contributed by atoms with E-state index in [9.17, 15) is 19.5 Å². The normalized spacial score (nSPS) is 35.0. The van der Waals surface area contributed by atoms with E-state index in [4.69, 9.17) is 14.2 Å². The number of carbonyl (C=O) groups is 3. The van der Waals surface area contributed by atoms with Crippen LogP contribution in [0.1, 0.15) is 27.2 Å². The van der Waals surface area contributed by atoms with Crippen molar-refractivity contribution in [2.75, 3.05) is 6.61 Å². The largest absolute Gasteiger partial charge is 0.479 e. The van der Waals surface area contributed by atoms with Crippen LogP contribution in [-0.4, -0.2) is 47.2 Å². The number of hydrogen-bond donors (Lipinski definition) is 1. The molecular formula is C20H22O7. The topological polar surface area (TPSA) is 99.1 Å². The number of hydrogen-bond acceptors (Lipinski definition) is 7. The highest BCUT2D eigenvalue weighted by atomic mass is 16.6. The molecule has 1 N–H and O–H groups in total. The van der Waals surface area contributed by atoms with Crippen LogP contribution in [-0.2, 0) is 28.6 Å². The molecule has 0 radical (unpaired) electrons. The van der Waals surface area contributed by atoms with Gasteiger partial charge in [0.1, 0.15) is 18.0 Å². The Labute approximate surface area is 157 Å². The Kier molecular flexibility index (Phi) is 4.82. The van der Waals surface area contributed by atoms with E-state index in [1.807, 2.05) is 0 Å². The first-order valence-electron chi connectivity index (χ1n) is 8.71. The fourth-order valence-electron chi connectivity index (χ4n) is 3.46. The molecule has 1 saturated heterocycles. The Morgan fingerprint density at radius 1 is 1.48 bits per heavy atom. The number of fused-ring (bicyclic) bond motifs is 3. The van der Waals surface area contributed by atoms with Crippen LogP contribution < -0.4 is 0 Å². The maximum Gasteiger partial charge on any atom is 0.334 e. The highest BCUT2D eigenvalue weighted by Gasteiger charge is 2.52. The molecular weight excluding hydrogens is 352 g/mol. The molecule has 7 heteroatoms. The van der Waals surface area contributed by atoms with Crippen LogP contribution in [0.5, 0.6) is 0 Å². The number of esters is 2. The lowest BCUT2D eigenvalue weighted by molar-refractivity contribution is -0.153. The van der Waals surface area contributed by atoms with Crippen molar-refractivity contribution in [1.29, 1.82) is 0 Å². The molecule has 4 atom stereocenters. The monoisotopic (exact) mass is 374 g/mol. The molecule has 0 aromatic rings. The van der Waals surface area contributed by atoms with Crippen molar-refractivity contribution >= 4 is 17.7 Å². The zero-order valence-corrected chi connectivity index (χ0v) is 15.5. The minimum atomic E-state index is -1.28. The van der Waals surface area contributed by atoms with Crippen LogP contribution in [0.15, 0.2) is 47.3 Å². The number of carbonyl (C=O) groups excluding carboxylic acids is 3. The van der Waals surface area contributed by atoms with Crippen molar-refractivity contribution in [1.82, 2.24) is 0 Å². The molecule has 0 aliphatic carbocycles. The van der Waals surface area contributed by atoms with Crippen molar-refractivity contribution in [3.63, 3.8) is 0 Å². The fraction of sp³-hybridized carbons (Fsp3) is 0.450. The quantitative estimate of drug-likeness (QED) is 0.591. The Morgan fingerprint density at radius 3 is 2.81 bits per heavy atom. The van der Waals surface area contributed by atoms with E-state index in [-0.39, 0.29) is 23.5 Å². The Hall–Kier alpha value is -2.67. The second-order valence-corrected chi connectivity index (χ2v) is 7.10. The van der Waals surface area contributed by atoms with Gasteiger partial charge in [-0.1, -0.05) is 12.7 Å². The Balaban J connectivity index is 2.07. The van der Waals surface area contributed by atoms with Crippen molar-refractivity contribution in [3.05, 3.63) is 47.3 Å². The van der Waals surface area contributed by atoms with E-state index in [0.717, 1.165) is 0 Å². The number of rotatable bonds is 3. The molecule has 27 heavy (non-hydrogen) atoms. The highest BCUT2D eigenvalue weighted by molar-refractivity contribution is 6.00. The number of ether oxygens (including phenoxy) is 3. The lowest BCUT2D eigenvalue weighted by Crippen LogP contribution is -2.42. The molecule has 144 valence electrons. The molecule has 3 aliphatic heterocycles. The first kappa shape index (κ1) is 19.1. The lowest BCUT2D eigenvalue weighted by Gasteiger charge is -2.31. The van der Waals surface area contributed by atoms with Crippen LogP contribution >= 0.6 is 0 Å². The predicted molar refractivity (Wildman–Crippen MR) is 94.2 cm³/mol. The summed E-state index contributed by atoms with van der Waals surface area (Å²) in [5, 5.41) is 9.70. The van der Waals surface area contributed by atoms with Gasteiger partial charge in [-0.3, -0.25) is 4.79 Å². The van der Waals surface area contributed by atoms with Gasteiger partial charge in [0.25, 0.3) is 0 Å². The van der Waals surface area contributed by atoms with Gasteiger partial charge >= 0.3 is 11.9 Å². The lowest BCUT2D eigenvalue weighted by atomic mass is 9.82. The summed E-state index contributed by atoms with van der Waals surface area (Å²) >= 11 is 0. The summed E-state index contributed by atoms with van der Waals surface area (Å²) in [6.45, 7) is 8.31. The van der Waals surface area contributed by atoms with Crippen LogP contribution in [0.4, 0.5) is 0 Å². The van der Waals surface area contributed by atoms with Gasteiger partial charge in [-0.2, -0.15) is 0 Å². The Bertz CT molecular complexity index is 816. The van der Waals surface area contributed by atoms with Crippen molar-refractivity contribution in [2.45, 2.75) is 45.0 Å². The molecule has 3 rings (SSSR count). The van der Waals surface area contributed by atoms with E-state index in [1.54, 1.807) is 26.8 Å². The smallest absolute Gasteiger partial charge is 0.334 e. The second-order valence-electron chi connectivity index (χ2n) is 7.10. The third-order valence-corrected chi connectivity index (χ3v) is 5.24. The molecule has 3 aliphatic rings. The van der Waals surface area contributed by atoms with Crippen molar-refractivity contribution < 1.29 is 33.7 Å². The molecule has 7 nitrogen and oxygen atoms in total. The molecule has 0 aromatic heterocycles. The molecule has 3 heterocycles. The molecule has 1 fully saturated rings. The van der Waals surface area contributed by atoms with Gasteiger partial charge in [0, 0.05) is 29.2 Å². The summed E-state index contributed by atoms with van der Waals surface area (Å²) < 4.78 is 16.8. The maximum absolute atomic E-state index is 12.5. The van der Waals surface area contributed by atoms with E-state index in [0.29, 0.717) is 11.1 Å². The zero-order valence-electron chi connectivity index (χ0n) is 15.5. The third kappa shape index (κ3) is 3.23. The van der Waals surface area contributed by atoms with E-state index in [2.05, 4.69) is 6.58 Å². The summed E-state index contributed by atoms with van der Waals surface area (Å²) in [7, 11) is 0. The molecule has 0 unspecified atom stereocenters. The van der Waals surface area contributed by atoms with Gasteiger partial charge in [0.15, 0.2) is 5.60 Å². The van der Waals surface area contributed by atoms with Gasteiger partial charge < -0.3 is 19.3 Å². The van der Waals surface area contributed by atoms with Gasteiger partial charge in [-0.25, -0.2) is 9.59 Å².